The molecule has 2 heterocycles. The van der Waals surface area contributed by atoms with Gasteiger partial charge in [-0.1, -0.05) is 23.7 Å². The molecule has 120 valence electrons. The van der Waals surface area contributed by atoms with Gasteiger partial charge in [0, 0.05) is 17.8 Å². The predicted molar refractivity (Wildman–Crippen MR) is 87.3 cm³/mol. The van der Waals surface area contributed by atoms with E-state index in [4.69, 9.17) is 11.6 Å². The summed E-state index contributed by atoms with van der Waals surface area (Å²) < 4.78 is 0.931. The molecule has 0 saturated carbocycles. The van der Waals surface area contributed by atoms with Gasteiger partial charge in [-0.05, 0) is 29.8 Å². The van der Waals surface area contributed by atoms with Crippen molar-refractivity contribution in [1.82, 2.24) is 19.9 Å². The number of amides is 1. The zero-order valence-electron chi connectivity index (χ0n) is 12.3. The molecule has 1 N–H and O–H groups in total. The van der Waals surface area contributed by atoms with Crippen LogP contribution in [0.1, 0.15) is 26.4 Å². The third kappa shape index (κ3) is 3.16. The van der Waals surface area contributed by atoms with Crippen molar-refractivity contribution in [2.24, 2.45) is 0 Å². The Morgan fingerprint density at radius 2 is 1.96 bits per heavy atom. The van der Waals surface area contributed by atoms with Crippen molar-refractivity contribution in [2.75, 3.05) is 0 Å². The van der Waals surface area contributed by atoms with Gasteiger partial charge in [-0.3, -0.25) is 14.4 Å². The smallest absolute Gasteiger partial charge is 0.287 e. The SMILES string of the molecule is O=Cc1ccc2ncc(C(=O)NCc3ccc(Cl)cc3)c(=O)n2n1. The molecule has 0 aliphatic heterocycles. The van der Waals surface area contributed by atoms with Crippen LogP contribution in [-0.2, 0) is 6.54 Å². The van der Waals surface area contributed by atoms with Crippen LogP contribution in [0.3, 0.4) is 0 Å². The summed E-state index contributed by atoms with van der Waals surface area (Å²) in [5, 5.41) is 7.08. The third-order valence-electron chi connectivity index (χ3n) is 3.32. The average molecular weight is 343 g/mol. The molecule has 1 aromatic carbocycles. The van der Waals surface area contributed by atoms with Crippen LogP contribution in [0.25, 0.3) is 5.65 Å². The van der Waals surface area contributed by atoms with Crippen molar-refractivity contribution in [1.29, 1.82) is 0 Å². The average Bonchev–Trinajstić information content (AvgIpc) is 2.61. The number of halogens is 1. The van der Waals surface area contributed by atoms with E-state index >= 15 is 0 Å². The van der Waals surface area contributed by atoms with Gasteiger partial charge in [0.05, 0.1) is 0 Å². The molecular formula is C16H11ClN4O3. The van der Waals surface area contributed by atoms with Crippen LogP contribution in [0.15, 0.2) is 47.4 Å². The first-order chi connectivity index (χ1) is 11.6. The third-order valence-corrected chi connectivity index (χ3v) is 3.57. The number of nitrogens with one attached hydrogen (secondary N) is 1. The van der Waals surface area contributed by atoms with Crippen LogP contribution in [0.4, 0.5) is 0 Å². The number of carbonyl (C=O) groups excluding carboxylic acids is 2. The fourth-order valence-corrected chi connectivity index (χ4v) is 2.20. The molecule has 24 heavy (non-hydrogen) atoms. The van der Waals surface area contributed by atoms with Crippen LogP contribution in [0.2, 0.25) is 5.02 Å². The van der Waals surface area contributed by atoms with Gasteiger partial charge in [0.25, 0.3) is 11.5 Å². The second-order valence-electron chi connectivity index (χ2n) is 4.93. The van der Waals surface area contributed by atoms with Gasteiger partial charge in [-0.15, -0.1) is 0 Å². The standard InChI is InChI=1S/C16H11ClN4O3/c17-11-3-1-10(2-4-11)7-19-15(23)13-8-18-14-6-5-12(9-22)20-21(14)16(13)24/h1-6,8-9H,7H2,(H,19,23). The molecule has 0 aliphatic rings. The molecule has 0 bridgehead atoms. The van der Waals surface area contributed by atoms with Gasteiger partial charge in [-0.25, -0.2) is 4.98 Å². The fraction of sp³-hybridized carbons (Fsp3) is 0.0625. The summed E-state index contributed by atoms with van der Waals surface area (Å²) in [6, 6.07) is 9.88. The summed E-state index contributed by atoms with van der Waals surface area (Å²) in [4.78, 5) is 39.4. The number of fused-ring (bicyclic) bond motifs is 1. The lowest BCUT2D eigenvalue weighted by Gasteiger charge is -2.06. The van der Waals surface area contributed by atoms with E-state index in [1.165, 1.54) is 18.3 Å². The van der Waals surface area contributed by atoms with E-state index < -0.39 is 11.5 Å². The summed E-state index contributed by atoms with van der Waals surface area (Å²) in [7, 11) is 0. The van der Waals surface area contributed by atoms with Crippen molar-refractivity contribution < 1.29 is 9.59 Å². The summed E-state index contributed by atoms with van der Waals surface area (Å²) in [6.45, 7) is 0.236. The molecule has 0 atom stereocenters. The first kappa shape index (κ1) is 15.8. The van der Waals surface area contributed by atoms with E-state index in [0.29, 0.717) is 11.3 Å². The Morgan fingerprint density at radius 1 is 1.21 bits per heavy atom. The lowest BCUT2D eigenvalue weighted by molar-refractivity contribution is 0.0948. The zero-order chi connectivity index (χ0) is 17.1. The van der Waals surface area contributed by atoms with Crippen LogP contribution >= 0.6 is 11.6 Å². The van der Waals surface area contributed by atoms with E-state index in [0.717, 1.165) is 10.1 Å². The molecule has 2 aromatic heterocycles. The number of aldehydes is 1. The van der Waals surface area contributed by atoms with E-state index in [1.807, 2.05) is 0 Å². The quantitative estimate of drug-likeness (QED) is 0.725. The lowest BCUT2D eigenvalue weighted by Crippen LogP contribution is -2.32. The number of nitrogens with zero attached hydrogens (tertiary/aromatic N) is 3. The molecular weight excluding hydrogens is 332 g/mol. The number of hydrogen-bond donors (Lipinski definition) is 1. The van der Waals surface area contributed by atoms with Gasteiger partial charge in [0.2, 0.25) is 0 Å². The molecule has 8 heteroatoms. The minimum Gasteiger partial charge on any atom is -0.348 e. The van der Waals surface area contributed by atoms with Gasteiger partial charge in [0.15, 0.2) is 11.9 Å². The number of rotatable bonds is 4. The van der Waals surface area contributed by atoms with Gasteiger partial charge in [0.1, 0.15) is 11.3 Å². The Labute approximate surface area is 140 Å². The highest BCUT2D eigenvalue weighted by Crippen LogP contribution is 2.09. The Bertz CT molecular complexity index is 983. The Hall–Kier alpha value is -3.06. The molecule has 7 nitrogen and oxygen atoms in total. The van der Waals surface area contributed by atoms with E-state index in [9.17, 15) is 14.4 Å². The Morgan fingerprint density at radius 3 is 2.67 bits per heavy atom. The zero-order valence-corrected chi connectivity index (χ0v) is 13.0. The number of hydrogen-bond acceptors (Lipinski definition) is 5. The van der Waals surface area contributed by atoms with Crippen molar-refractivity contribution in [3.05, 3.63) is 74.8 Å². The van der Waals surface area contributed by atoms with Gasteiger partial charge < -0.3 is 5.32 Å². The van der Waals surface area contributed by atoms with E-state index in [2.05, 4.69) is 15.4 Å². The number of carbonyl (C=O) groups is 2. The van der Waals surface area contributed by atoms with E-state index in [-0.39, 0.29) is 23.4 Å². The maximum Gasteiger partial charge on any atom is 0.287 e. The lowest BCUT2D eigenvalue weighted by atomic mass is 10.2. The second-order valence-corrected chi connectivity index (χ2v) is 5.37. The topological polar surface area (TPSA) is 93.4 Å². The van der Waals surface area contributed by atoms with Crippen LogP contribution < -0.4 is 10.9 Å². The summed E-state index contributed by atoms with van der Waals surface area (Å²) >= 11 is 5.80. The fourth-order valence-electron chi connectivity index (χ4n) is 2.08. The van der Waals surface area contributed by atoms with Crippen molar-refractivity contribution >= 4 is 29.4 Å². The molecule has 0 fully saturated rings. The van der Waals surface area contributed by atoms with Crippen molar-refractivity contribution in [2.45, 2.75) is 6.54 Å². The Kier molecular flexibility index (Phi) is 4.35. The summed E-state index contributed by atoms with van der Waals surface area (Å²) in [6.07, 6.45) is 1.70. The molecule has 3 aromatic rings. The van der Waals surface area contributed by atoms with Gasteiger partial charge in [-0.2, -0.15) is 9.61 Å². The predicted octanol–water partition coefficient (Wildman–Crippen LogP) is 1.49. The van der Waals surface area contributed by atoms with Crippen molar-refractivity contribution in [3.8, 4) is 0 Å². The van der Waals surface area contributed by atoms with Crippen molar-refractivity contribution in [3.63, 3.8) is 0 Å². The van der Waals surface area contributed by atoms with Crippen LogP contribution in [-0.4, -0.2) is 26.8 Å². The normalized spacial score (nSPS) is 10.5. The highest BCUT2D eigenvalue weighted by Gasteiger charge is 2.14. The van der Waals surface area contributed by atoms with Crippen LogP contribution in [0, 0.1) is 0 Å². The molecule has 1 amide bonds. The molecule has 0 unspecified atom stereocenters. The Balaban J connectivity index is 1.86. The monoisotopic (exact) mass is 342 g/mol. The minimum atomic E-state index is -0.641. The van der Waals surface area contributed by atoms with Crippen LogP contribution in [0.5, 0.6) is 0 Å². The molecule has 3 rings (SSSR count). The first-order valence-corrected chi connectivity index (χ1v) is 7.33. The largest absolute Gasteiger partial charge is 0.348 e. The maximum atomic E-state index is 12.4. The first-order valence-electron chi connectivity index (χ1n) is 6.95. The highest BCUT2D eigenvalue weighted by molar-refractivity contribution is 6.30. The number of benzene rings is 1. The molecule has 0 spiro atoms. The maximum absolute atomic E-state index is 12.4. The highest BCUT2D eigenvalue weighted by atomic mass is 35.5. The summed E-state index contributed by atoms with van der Waals surface area (Å²) in [5.41, 5.74) is 0.363. The molecule has 0 radical (unpaired) electrons. The number of aromatic nitrogens is 3. The molecule has 0 aliphatic carbocycles. The van der Waals surface area contributed by atoms with Gasteiger partial charge >= 0.3 is 0 Å². The second kappa shape index (κ2) is 6.59. The summed E-state index contributed by atoms with van der Waals surface area (Å²) in [5.74, 6) is -0.574. The molecule has 0 saturated heterocycles. The minimum absolute atomic E-state index is 0.0742. The van der Waals surface area contributed by atoms with E-state index in [1.54, 1.807) is 24.3 Å².